The Kier molecular flexibility index (Phi) is 7.41. The molecule has 4 rings (SSSR count). The summed E-state index contributed by atoms with van der Waals surface area (Å²) >= 11 is 3.15. The first kappa shape index (κ1) is 23.8. The molecule has 0 aliphatic carbocycles. The molecule has 0 bridgehead atoms. The highest BCUT2D eigenvalue weighted by Gasteiger charge is 2.29. The molecular formula is C24H31N5O2S2. The minimum absolute atomic E-state index is 0.00968. The number of aromatic nitrogens is 2. The molecule has 3 heterocycles. The summed E-state index contributed by atoms with van der Waals surface area (Å²) in [7, 11) is 0. The number of nitrogen functional groups attached to an aromatic ring is 1. The van der Waals surface area contributed by atoms with Crippen molar-refractivity contribution in [3.63, 3.8) is 0 Å². The SMILES string of the molecule is CC(C)(C)c1cnc(CSc2cnc(N(Cc3cccc(N)c3)C(=O)C3CCNCC3)s2)o1. The Labute approximate surface area is 203 Å². The summed E-state index contributed by atoms with van der Waals surface area (Å²) in [6.07, 6.45) is 5.33. The molecule has 33 heavy (non-hydrogen) atoms. The van der Waals surface area contributed by atoms with Crippen LogP contribution in [0.3, 0.4) is 0 Å². The number of oxazole rings is 1. The highest BCUT2D eigenvalue weighted by Crippen LogP contribution is 2.35. The van der Waals surface area contributed by atoms with Crippen molar-refractivity contribution >= 4 is 39.8 Å². The van der Waals surface area contributed by atoms with Gasteiger partial charge in [-0.15, -0.1) is 11.8 Å². The summed E-state index contributed by atoms with van der Waals surface area (Å²) in [6.45, 7) is 8.51. The molecule has 7 nitrogen and oxygen atoms in total. The highest BCUT2D eigenvalue weighted by atomic mass is 32.2. The van der Waals surface area contributed by atoms with Gasteiger partial charge < -0.3 is 15.5 Å². The van der Waals surface area contributed by atoms with Crippen LogP contribution in [0.15, 0.2) is 45.3 Å². The lowest BCUT2D eigenvalue weighted by atomic mass is 9.94. The van der Waals surface area contributed by atoms with Crippen molar-refractivity contribution in [1.82, 2.24) is 15.3 Å². The number of nitrogens with zero attached hydrogens (tertiary/aromatic N) is 3. The van der Waals surface area contributed by atoms with Crippen molar-refractivity contribution in [2.45, 2.75) is 55.5 Å². The summed E-state index contributed by atoms with van der Waals surface area (Å²) in [4.78, 5) is 24.3. The lowest BCUT2D eigenvalue weighted by Gasteiger charge is -2.28. The Hall–Kier alpha value is -2.36. The van der Waals surface area contributed by atoms with Crippen molar-refractivity contribution in [2.24, 2.45) is 5.92 Å². The van der Waals surface area contributed by atoms with Crippen LogP contribution in [0.4, 0.5) is 10.8 Å². The van der Waals surface area contributed by atoms with Crippen molar-refractivity contribution in [3.05, 3.63) is 53.9 Å². The van der Waals surface area contributed by atoms with Crippen LogP contribution in [0.5, 0.6) is 0 Å². The van der Waals surface area contributed by atoms with Crippen LogP contribution < -0.4 is 16.0 Å². The topological polar surface area (TPSA) is 97.3 Å². The second-order valence-electron chi connectivity index (χ2n) is 9.31. The van der Waals surface area contributed by atoms with E-state index in [2.05, 4.69) is 36.1 Å². The number of anilines is 2. The van der Waals surface area contributed by atoms with E-state index in [4.69, 9.17) is 10.2 Å². The van der Waals surface area contributed by atoms with Crippen LogP contribution in [0.1, 0.15) is 50.8 Å². The Morgan fingerprint density at radius 1 is 1.27 bits per heavy atom. The van der Waals surface area contributed by atoms with Gasteiger partial charge >= 0.3 is 0 Å². The number of hydrogen-bond donors (Lipinski definition) is 2. The normalized spacial score (nSPS) is 15.0. The number of rotatable bonds is 7. The molecule has 0 spiro atoms. The zero-order valence-electron chi connectivity index (χ0n) is 19.3. The summed E-state index contributed by atoms with van der Waals surface area (Å²) in [5.41, 5.74) is 7.60. The quantitative estimate of drug-likeness (QED) is 0.365. The smallest absolute Gasteiger partial charge is 0.232 e. The zero-order valence-corrected chi connectivity index (χ0v) is 21.0. The summed E-state index contributed by atoms with van der Waals surface area (Å²) < 4.78 is 6.93. The summed E-state index contributed by atoms with van der Waals surface area (Å²) in [6, 6.07) is 7.69. The molecule has 1 amide bonds. The second-order valence-corrected chi connectivity index (χ2v) is 11.6. The molecule has 3 N–H and O–H groups in total. The van der Waals surface area contributed by atoms with Gasteiger partial charge in [-0.3, -0.25) is 9.69 Å². The van der Waals surface area contributed by atoms with E-state index >= 15 is 0 Å². The van der Waals surface area contributed by atoms with Gasteiger partial charge in [0.25, 0.3) is 0 Å². The Morgan fingerprint density at radius 3 is 2.76 bits per heavy atom. The minimum atomic E-state index is -0.0656. The first-order chi connectivity index (χ1) is 15.8. The summed E-state index contributed by atoms with van der Waals surface area (Å²) in [5, 5.41) is 4.05. The number of benzene rings is 1. The number of hydrogen-bond acceptors (Lipinski definition) is 8. The predicted octanol–water partition coefficient (Wildman–Crippen LogP) is 4.84. The Morgan fingerprint density at radius 2 is 2.06 bits per heavy atom. The third kappa shape index (κ3) is 6.16. The van der Waals surface area contributed by atoms with E-state index in [9.17, 15) is 4.79 Å². The molecule has 0 saturated carbocycles. The molecule has 1 aliphatic rings. The molecule has 0 atom stereocenters. The maximum atomic E-state index is 13.5. The molecule has 9 heteroatoms. The van der Waals surface area contributed by atoms with Crippen LogP contribution in [0.25, 0.3) is 0 Å². The zero-order chi connectivity index (χ0) is 23.4. The van der Waals surface area contributed by atoms with E-state index in [1.165, 1.54) is 11.3 Å². The van der Waals surface area contributed by atoms with Gasteiger partial charge in [0.2, 0.25) is 11.8 Å². The van der Waals surface area contributed by atoms with Gasteiger partial charge in [0, 0.05) is 17.0 Å². The van der Waals surface area contributed by atoms with Crippen LogP contribution in [-0.2, 0) is 22.5 Å². The number of thiazole rings is 1. The van der Waals surface area contributed by atoms with Crippen LogP contribution in [0.2, 0.25) is 0 Å². The standard InChI is InChI=1S/C24H31N5O2S2/c1-24(2,3)19-12-27-20(31-19)15-32-21-13-28-23(33-21)29(14-16-5-4-6-18(25)11-16)22(30)17-7-9-26-10-8-17/h4-6,11-13,17,26H,7-10,14-15,25H2,1-3H3. The third-order valence-electron chi connectivity index (χ3n) is 5.58. The molecule has 2 aromatic heterocycles. The van der Waals surface area contributed by atoms with Gasteiger partial charge in [-0.05, 0) is 43.6 Å². The van der Waals surface area contributed by atoms with Crippen molar-refractivity contribution in [2.75, 3.05) is 23.7 Å². The van der Waals surface area contributed by atoms with Gasteiger partial charge in [0.1, 0.15) is 5.76 Å². The fourth-order valence-electron chi connectivity index (χ4n) is 3.70. The number of carbonyl (C=O) groups excluding carboxylic acids is 1. The molecule has 1 aromatic carbocycles. The number of carbonyl (C=O) groups is 1. The minimum Gasteiger partial charge on any atom is -0.444 e. The van der Waals surface area contributed by atoms with Gasteiger partial charge in [0.05, 0.1) is 28.9 Å². The second kappa shape index (κ2) is 10.3. The first-order valence-electron chi connectivity index (χ1n) is 11.2. The van der Waals surface area contributed by atoms with Crippen molar-refractivity contribution < 1.29 is 9.21 Å². The van der Waals surface area contributed by atoms with Gasteiger partial charge in [-0.25, -0.2) is 9.97 Å². The lowest BCUT2D eigenvalue weighted by molar-refractivity contribution is -0.123. The number of nitrogens with one attached hydrogen (secondary N) is 1. The molecule has 1 aliphatic heterocycles. The van der Waals surface area contributed by atoms with Crippen molar-refractivity contribution in [1.29, 1.82) is 0 Å². The van der Waals surface area contributed by atoms with Gasteiger partial charge in [-0.1, -0.05) is 44.2 Å². The van der Waals surface area contributed by atoms with E-state index in [1.807, 2.05) is 35.4 Å². The molecule has 0 radical (unpaired) electrons. The summed E-state index contributed by atoms with van der Waals surface area (Å²) in [5.74, 6) is 2.34. The number of thioether (sulfide) groups is 1. The van der Waals surface area contributed by atoms with Crippen molar-refractivity contribution in [3.8, 4) is 0 Å². The molecular weight excluding hydrogens is 454 g/mol. The fraction of sp³-hybridized carbons (Fsp3) is 0.458. The predicted molar refractivity (Wildman–Crippen MR) is 135 cm³/mol. The van der Waals surface area contributed by atoms with E-state index in [1.54, 1.807) is 18.0 Å². The Balaban J connectivity index is 1.49. The molecule has 1 fully saturated rings. The highest BCUT2D eigenvalue weighted by molar-refractivity contribution is 8.00. The molecule has 0 unspecified atom stereocenters. The number of amides is 1. The molecule has 3 aromatic rings. The average Bonchev–Trinajstić information content (AvgIpc) is 3.46. The van der Waals surface area contributed by atoms with E-state index in [0.29, 0.717) is 29.0 Å². The van der Waals surface area contributed by atoms with Crippen LogP contribution in [0, 0.1) is 5.92 Å². The maximum Gasteiger partial charge on any atom is 0.232 e. The van der Waals surface area contributed by atoms with E-state index in [0.717, 1.165) is 41.5 Å². The third-order valence-corrected chi connectivity index (χ3v) is 7.78. The molecule has 176 valence electrons. The van der Waals surface area contributed by atoms with Gasteiger partial charge in [0.15, 0.2) is 5.13 Å². The van der Waals surface area contributed by atoms with Crippen LogP contribution in [-0.4, -0.2) is 29.0 Å². The number of piperidine rings is 1. The number of nitrogens with two attached hydrogens (primary N) is 1. The van der Waals surface area contributed by atoms with Gasteiger partial charge in [-0.2, -0.15) is 0 Å². The Bertz CT molecular complexity index is 1080. The van der Waals surface area contributed by atoms with E-state index < -0.39 is 0 Å². The monoisotopic (exact) mass is 485 g/mol. The largest absolute Gasteiger partial charge is 0.444 e. The average molecular weight is 486 g/mol. The van der Waals surface area contributed by atoms with E-state index in [-0.39, 0.29) is 17.2 Å². The van der Waals surface area contributed by atoms with Crippen LogP contribution >= 0.6 is 23.1 Å². The first-order valence-corrected chi connectivity index (χ1v) is 13.0. The fourth-order valence-corrected chi connectivity index (χ4v) is 5.52. The lowest BCUT2D eigenvalue weighted by Crippen LogP contribution is -2.40. The maximum absolute atomic E-state index is 13.5. The molecule has 1 saturated heterocycles.